The molecular weight excluding hydrogens is 232 g/mol. The van der Waals surface area contributed by atoms with Gasteiger partial charge in [0.05, 0.1) is 0 Å². The van der Waals surface area contributed by atoms with Gasteiger partial charge in [-0.2, -0.15) is 0 Å². The van der Waals surface area contributed by atoms with Crippen molar-refractivity contribution in [2.24, 2.45) is 5.92 Å². The van der Waals surface area contributed by atoms with Gasteiger partial charge in [0.2, 0.25) is 0 Å². The molecule has 1 rings (SSSR count). The summed E-state index contributed by atoms with van der Waals surface area (Å²) in [6, 6.07) is 0. The summed E-state index contributed by atoms with van der Waals surface area (Å²) < 4.78 is 11.5. The van der Waals surface area contributed by atoms with Crippen LogP contribution in [-0.4, -0.2) is 26.5 Å². The number of carbonyl (C=O) groups excluding carboxylic acids is 1. The number of rotatable bonds is 3. The summed E-state index contributed by atoms with van der Waals surface area (Å²) in [5, 5.41) is 0.122. The van der Waals surface area contributed by atoms with Gasteiger partial charge in [0, 0.05) is 5.92 Å². The van der Waals surface area contributed by atoms with Gasteiger partial charge < -0.3 is 9.16 Å². The molecule has 0 amide bonds. The molecule has 1 saturated heterocycles. The highest BCUT2D eigenvalue weighted by molar-refractivity contribution is 6.74. The van der Waals surface area contributed by atoms with Crippen LogP contribution in [0, 0.1) is 5.92 Å². The fourth-order valence-corrected chi connectivity index (χ4v) is 3.14. The molecule has 0 aromatic rings. The first-order chi connectivity index (χ1) is 7.60. The Morgan fingerprint density at radius 3 is 2.24 bits per heavy atom. The Morgan fingerprint density at radius 2 is 1.88 bits per heavy atom. The van der Waals surface area contributed by atoms with Crippen molar-refractivity contribution < 1.29 is 14.0 Å². The van der Waals surface area contributed by atoms with Crippen LogP contribution in [0.2, 0.25) is 18.1 Å². The smallest absolute Gasteiger partial charge is 0.334 e. The van der Waals surface area contributed by atoms with E-state index in [1.807, 2.05) is 6.92 Å². The lowest BCUT2D eigenvalue weighted by atomic mass is 10.00. The number of cyclic esters (lactones) is 1. The molecule has 1 fully saturated rings. The standard InChI is InChI=1S/C13H26O3Si/c1-8-10-9(2)11(12(14)15-10)16-17(6,7)13(3,4)5/h9-11H,8H2,1-7H3/t9-,10+,11?/m0/s1. The Morgan fingerprint density at radius 1 is 1.35 bits per heavy atom. The van der Waals surface area contributed by atoms with Crippen molar-refractivity contribution in [2.75, 3.05) is 0 Å². The third kappa shape index (κ3) is 2.91. The number of hydrogen-bond acceptors (Lipinski definition) is 3. The van der Waals surface area contributed by atoms with Crippen molar-refractivity contribution in [2.45, 2.75) is 71.4 Å². The van der Waals surface area contributed by atoms with Crippen LogP contribution >= 0.6 is 0 Å². The van der Waals surface area contributed by atoms with E-state index in [9.17, 15) is 4.79 Å². The second-order valence-corrected chi connectivity index (χ2v) is 11.3. The highest BCUT2D eigenvalue weighted by Crippen LogP contribution is 2.40. The molecule has 0 aromatic carbocycles. The molecule has 1 heterocycles. The van der Waals surface area contributed by atoms with E-state index in [1.165, 1.54) is 0 Å². The summed E-state index contributed by atoms with van der Waals surface area (Å²) >= 11 is 0. The lowest BCUT2D eigenvalue weighted by Crippen LogP contribution is -2.46. The van der Waals surface area contributed by atoms with E-state index in [1.54, 1.807) is 0 Å². The van der Waals surface area contributed by atoms with Crippen molar-refractivity contribution in [3.05, 3.63) is 0 Å². The minimum Gasteiger partial charge on any atom is -0.460 e. The summed E-state index contributed by atoms with van der Waals surface area (Å²) in [5.41, 5.74) is 0. The molecule has 100 valence electrons. The third-order valence-corrected chi connectivity index (χ3v) is 8.65. The zero-order chi connectivity index (χ0) is 13.4. The van der Waals surface area contributed by atoms with E-state index in [-0.39, 0.29) is 29.1 Å². The zero-order valence-corrected chi connectivity index (χ0v) is 13.2. The average molecular weight is 258 g/mol. The summed E-state index contributed by atoms with van der Waals surface area (Å²) in [6.07, 6.45) is 0.530. The molecule has 3 atom stereocenters. The lowest BCUT2D eigenvalue weighted by Gasteiger charge is -2.38. The molecule has 0 aromatic heterocycles. The molecule has 0 bridgehead atoms. The van der Waals surface area contributed by atoms with Gasteiger partial charge in [0.25, 0.3) is 0 Å². The van der Waals surface area contributed by atoms with Crippen molar-refractivity contribution >= 4 is 14.3 Å². The van der Waals surface area contributed by atoms with E-state index < -0.39 is 8.32 Å². The van der Waals surface area contributed by atoms with Crippen molar-refractivity contribution in [3.8, 4) is 0 Å². The Bertz CT molecular complexity index is 294. The number of carbonyl (C=O) groups is 1. The molecule has 1 aliphatic rings. The highest BCUT2D eigenvalue weighted by atomic mass is 28.4. The van der Waals surface area contributed by atoms with Gasteiger partial charge in [-0.25, -0.2) is 4.79 Å². The van der Waals surface area contributed by atoms with Gasteiger partial charge in [-0.05, 0) is 24.6 Å². The second kappa shape index (κ2) is 4.73. The fourth-order valence-electron chi connectivity index (χ4n) is 1.84. The van der Waals surface area contributed by atoms with Crippen LogP contribution in [0.3, 0.4) is 0 Å². The van der Waals surface area contributed by atoms with Crippen molar-refractivity contribution in [1.29, 1.82) is 0 Å². The SMILES string of the molecule is CC[C@H]1OC(=O)C(O[Si](C)(C)C(C)(C)C)[C@H]1C. The third-order valence-electron chi connectivity index (χ3n) is 4.19. The predicted molar refractivity (Wildman–Crippen MR) is 71.4 cm³/mol. The first-order valence-corrected chi connectivity index (χ1v) is 9.39. The maximum atomic E-state index is 11.8. The van der Waals surface area contributed by atoms with Gasteiger partial charge >= 0.3 is 5.97 Å². The van der Waals surface area contributed by atoms with Crippen LogP contribution < -0.4 is 0 Å². The normalized spacial score (nSPS) is 30.5. The van der Waals surface area contributed by atoms with Crippen LogP contribution in [-0.2, 0) is 14.0 Å². The van der Waals surface area contributed by atoms with Gasteiger partial charge in [0.1, 0.15) is 12.2 Å². The van der Waals surface area contributed by atoms with E-state index in [2.05, 4.69) is 40.8 Å². The Kier molecular flexibility index (Phi) is 4.09. The lowest BCUT2D eigenvalue weighted by molar-refractivity contribution is -0.146. The van der Waals surface area contributed by atoms with Crippen LogP contribution in [0.4, 0.5) is 0 Å². The van der Waals surface area contributed by atoms with Crippen LogP contribution in [0.25, 0.3) is 0 Å². The molecule has 1 unspecified atom stereocenters. The number of esters is 1. The second-order valence-electron chi connectivity index (χ2n) is 6.54. The first kappa shape index (κ1) is 14.7. The van der Waals surface area contributed by atoms with E-state index >= 15 is 0 Å². The summed E-state index contributed by atoms with van der Waals surface area (Å²) in [4.78, 5) is 11.8. The van der Waals surface area contributed by atoms with Gasteiger partial charge in [-0.1, -0.05) is 34.6 Å². The van der Waals surface area contributed by atoms with Crippen molar-refractivity contribution in [3.63, 3.8) is 0 Å². The maximum Gasteiger partial charge on any atom is 0.334 e. The molecule has 0 saturated carbocycles. The minimum absolute atomic E-state index is 0.0252. The van der Waals surface area contributed by atoms with Gasteiger partial charge in [0.15, 0.2) is 8.32 Å². The van der Waals surface area contributed by atoms with E-state index in [0.717, 1.165) is 6.42 Å². The molecule has 0 aliphatic carbocycles. The van der Waals surface area contributed by atoms with Crippen LogP contribution in [0.1, 0.15) is 41.0 Å². The molecule has 0 spiro atoms. The summed E-state index contributed by atoms with van der Waals surface area (Å²) in [7, 11) is -1.90. The molecule has 1 aliphatic heterocycles. The maximum absolute atomic E-state index is 11.8. The predicted octanol–water partition coefficient (Wildman–Crippen LogP) is 3.35. The van der Waals surface area contributed by atoms with E-state index in [4.69, 9.17) is 9.16 Å². The molecule has 0 N–H and O–H groups in total. The molecule has 3 nitrogen and oxygen atoms in total. The summed E-state index contributed by atoms with van der Waals surface area (Å²) in [5.74, 6) is -0.00389. The Hall–Kier alpha value is -0.353. The Labute approximate surface area is 106 Å². The summed E-state index contributed by atoms with van der Waals surface area (Å²) in [6.45, 7) is 15.0. The van der Waals surface area contributed by atoms with E-state index in [0.29, 0.717) is 0 Å². The first-order valence-electron chi connectivity index (χ1n) is 6.48. The van der Waals surface area contributed by atoms with Gasteiger partial charge in [-0.3, -0.25) is 0 Å². The van der Waals surface area contributed by atoms with Crippen LogP contribution in [0.5, 0.6) is 0 Å². The molecule has 17 heavy (non-hydrogen) atoms. The molecule has 0 radical (unpaired) electrons. The fraction of sp³-hybridized carbons (Fsp3) is 0.923. The quantitative estimate of drug-likeness (QED) is 0.575. The topological polar surface area (TPSA) is 35.5 Å². The largest absolute Gasteiger partial charge is 0.460 e. The van der Waals surface area contributed by atoms with Crippen LogP contribution in [0.15, 0.2) is 0 Å². The Balaban J connectivity index is 2.79. The zero-order valence-electron chi connectivity index (χ0n) is 12.2. The van der Waals surface area contributed by atoms with Crippen molar-refractivity contribution in [1.82, 2.24) is 0 Å². The number of ether oxygens (including phenoxy) is 1. The molecular formula is C13H26O3Si. The minimum atomic E-state index is -1.90. The monoisotopic (exact) mass is 258 g/mol. The average Bonchev–Trinajstić information content (AvgIpc) is 2.43. The molecule has 4 heteroatoms. The number of hydrogen-bond donors (Lipinski definition) is 0. The highest BCUT2D eigenvalue weighted by Gasteiger charge is 2.47. The van der Waals surface area contributed by atoms with Gasteiger partial charge in [-0.15, -0.1) is 0 Å².